The number of sulfonamides is 1. The van der Waals surface area contributed by atoms with Crippen molar-refractivity contribution in [3.63, 3.8) is 0 Å². The van der Waals surface area contributed by atoms with Crippen LogP contribution in [0.4, 0.5) is 11.5 Å². The fraction of sp³-hybridized carbons (Fsp3) is 0.250. The van der Waals surface area contributed by atoms with E-state index >= 15 is 0 Å². The summed E-state index contributed by atoms with van der Waals surface area (Å²) < 4.78 is 32.8. The van der Waals surface area contributed by atoms with Crippen molar-refractivity contribution < 1.29 is 13.2 Å². The van der Waals surface area contributed by atoms with Crippen LogP contribution in [-0.2, 0) is 10.0 Å². The zero-order valence-corrected chi connectivity index (χ0v) is 20.3. The van der Waals surface area contributed by atoms with Crippen molar-refractivity contribution in [2.45, 2.75) is 0 Å². The molecule has 0 unspecified atom stereocenters. The van der Waals surface area contributed by atoms with Crippen LogP contribution < -0.4 is 20.3 Å². The lowest BCUT2D eigenvalue weighted by atomic mass is 10.3. The van der Waals surface area contributed by atoms with Crippen LogP contribution in [-0.4, -0.2) is 61.3 Å². The van der Waals surface area contributed by atoms with Gasteiger partial charge in [-0.05, 0) is 60.7 Å². The summed E-state index contributed by atoms with van der Waals surface area (Å²) in [6, 6.07) is 22.7. The third-order valence-electron chi connectivity index (χ3n) is 5.34. The van der Waals surface area contributed by atoms with E-state index in [0.29, 0.717) is 37.0 Å². The molecule has 0 spiro atoms. The van der Waals surface area contributed by atoms with Crippen LogP contribution in [0, 0.1) is 0 Å². The normalized spacial score (nSPS) is 14.4. The number of hydrogen-bond donors (Lipinski definition) is 2. The van der Waals surface area contributed by atoms with Gasteiger partial charge in [-0.1, -0.05) is 24.3 Å². The lowest BCUT2D eigenvalue weighted by Gasteiger charge is -2.34. The molecule has 1 aliphatic rings. The number of hydrogen-bond acceptors (Lipinski definition) is 6. The molecule has 0 aliphatic carbocycles. The molecular weight excluding hydrogens is 470 g/mol. The van der Waals surface area contributed by atoms with E-state index in [2.05, 4.69) is 20.5 Å². The number of pyridine rings is 1. The van der Waals surface area contributed by atoms with Crippen molar-refractivity contribution in [3.05, 3.63) is 79.0 Å². The molecule has 8 nitrogen and oxygen atoms in total. The van der Waals surface area contributed by atoms with Gasteiger partial charge in [-0.2, -0.15) is 4.31 Å². The van der Waals surface area contributed by atoms with Crippen LogP contribution in [0.25, 0.3) is 0 Å². The summed E-state index contributed by atoms with van der Waals surface area (Å²) in [7, 11) is -3.37. The van der Waals surface area contributed by atoms with Gasteiger partial charge in [0.05, 0.1) is 5.75 Å². The Kier molecular flexibility index (Phi) is 7.94. The first-order valence-electron chi connectivity index (χ1n) is 11.0. The van der Waals surface area contributed by atoms with Gasteiger partial charge in [0.1, 0.15) is 17.3 Å². The Bertz CT molecular complexity index is 1170. The molecule has 1 fully saturated rings. The topological polar surface area (TPSA) is 86.8 Å². The summed E-state index contributed by atoms with van der Waals surface area (Å²) in [5.41, 5.74) is 0.784. The van der Waals surface area contributed by atoms with E-state index in [1.54, 1.807) is 6.20 Å². The number of benzene rings is 2. The maximum Gasteiger partial charge on any atom is 0.215 e. The van der Waals surface area contributed by atoms with Crippen LogP contribution in [0.5, 0.6) is 11.5 Å². The van der Waals surface area contributed by atoms with E-state index in [9.17, 15) is 8.42 Å². The highest BCUT2D eigenvalue weighted by molar-refractivity contribution is 7.89. The SMILES string of the molecule is O=S(=O)(CCNC(=S)Nc1ccc(Oc2ccccc2)cc1)N1CCN(c2ccccn2)CC1. The van der Waals surface area contributed by atoms with Gasteiger partial charge in [-0.15, -0.1) is 0 Å². The quantitative estimate of drug-likeness (QED) is 0.459. The van der Waals surface area contributed by atoms with E-state index in [1.165, 1.54) is 4.31 Å². The molecule has 1 aromatic heterocycles. The first-order chi connectivity index (χ1) is 16.5. The number of rotatable bonds is 8. The Hall–Kier alpha value is -3.21. The molecule has 1 aliphatic heterocycles. The molecule has 10 heteroatoms. The molecule has 2 N–H and O–H groups in total. The molecule has 2 aromatic carbocycles. The Morgan fingerprint density at radius 3 is 2.26 bits per heavy atom. The van der Waals surface area contributed by atoms with Crippen molar-refractivity contribution >= 4 is 38.9 Å². The number of piperazine rings is 1. The van der Waals surface area contributed by atoms with Gasteiger partial charge >= 0.3 is 0 Å². The van der Waals surface area contributed by atoms with Crippen LogP contribution in [0.2, 0.25) is 0 Å². The standard InChI is InChI=1S/C24H27N5O3S2/c30-34(31,29-17-15-28(16-18-29)23-8-4-5-13-25-23)19-14-26-24(33)27-20-9-11-22(12-10-20)32-21-6-2-1-3-7-21/h1-13H,14-19H2,(H2,26,27,33). The summed E-state index contributed by atoms with van der Waals surface area (Å²) in [5.74, 6) is 2.32. The maximum absolute atomic E-state index is 12.7. The highest BCUT2D eigenvalue weighted by Gasteiger charge is 2.27. The van der Waals surface area contributed by atoms with Crippen LogP contribution in [0.15, 0.2) is 79.0 Å². The van der Waals surface area contributed by atoms with E-state index < -0.39 is 10.0 Å². The average Bonchev–Trinajstić information content (AvgIpc) is 2.86. The number of thiocarbonyl (C=S) groups is 1. The maximum atomic E-state index is 12.7. The Morgan fingerprint density at radius 2 is 1.59 bits per heavy atom. The third-order valence-corrected chi connectivity index (χ3v) is 7.46. The molecular formula is C24H27N5O3S2. The smallest absolute Gasteiger partial charge is 0.215 e. The minimum atomic E-state index is -3.37. The second-order valence-corrected chi connectivity index (χ2v) is 10.2. The zero-order chi connectivity index (χ0) is 23.8. The van der Waals surface area contributed by atoms with Gasteiger partial charge in [-0.3, -0.25) is 0 Å². The summed E-state index contributed by atoms with van der Waals surface area (Å²) in [6.45, 7) is 2.35. The predicted octanol–water partition coefficient (Wildman–Crippen LogP) is 3.31. The molecule has 1 saturated heterocycles. The highest BCUT2D eigenvalue weighted by Crippen LogP contribution is 2.22. The lowest BCUT2D eigenvalue weighted by molar-refractivity contribution is 0.384. The number of nitrogens with zero attached hydrogens (tertiary/aromatic N) is 3. The third kappa shape index (κ3) is 6.66. The van der Waals surface area contributed by atoms with Crippen molar-refractivity contribution in [2.75, 3.05) is 48.7 Å². The van der Waals surface area contributed by atoms with Crippen molar-refractivity contribution in [1.29, 1.82) is 0 Å². The highest BCUT2D eigenvalue weighted by atomic mass is 32.2. The summed E-state index contributed by atoms with van der Waals surface area (Å²) >= 11 is 5.31. The van der Waals surface area contributed by atoms with Crippen molar-refractivity contribution in [1.82, 2.24) is 14.6 Å². The number of anilines is 2. The molecule has 0 amide bonds. The Morgan fingerprint density at radius 1 is 0.912 bits per heavy atom. The van der Waals surface area contributed by atoms with Gasteiger partial charge in [0.2, 0.25) is 10.0 Å². The van der Waals surface area contributed by atoms with Gasteiger partial charge in [0.25, 0.3) is 0 Å². The molecule has 0 radical (unpaired) electrons. The van der Waals surface area contributed by atoms with Gasteiger partial charge < -0.3 is 20.3 Å². The minimum absolute atomic E-state index is 0.0255. The second kappa shape index (κ2) is 11.3. The number of ether oxygens (including phenoxy) is 1. The van der Waals surface area contributed by atoms with E-state index in [1.807, 2.05) is 72.8 Å². The molecule has 4 rings (SSSR count). The van der Waals surface area contributed by atoms with Crippen LogP contribution in [0.1, 0.15) is 0 Å². The fourth-order valence-corrected chi connectivity index (χ4v) is 5.12. The zero-order valence-electron chi connectivity index (χ0n) is 18.6. The minimum Gasteiger partial charge on any atom is -0.457 e. The van der Waals surface area contributed by atoms with E-state index in [-0.39, 0.29) is 12.3 Å². The van der Waals surface area contributed by atoms with E-state index in [4.69, 9.17) is 17.0 Å². The average molecular weight is 498 g/mol. The molecule has 2 heterocycles. The molecule has 0 atom stereocenters. The molecule has 0 saturated carbocycles. The van der Waals surface area contributed by atoms with Crippen LogP contribution in [0.3, 0.4) is 0 Å². The Labute approximate surface area is 205 Å². The molecule has 178 valence electrons. The largest absolute Gasteiger partial charge is 0.457 e. The van der Waals surface area contributed by atoms with Crippen molar-refractivity contribution in [3.8, 4) is 11.5 Å². The monoisotopic (exact) mass is 497 g/mol. The fourth-order valence-electron chi connectivity index (χ4n) is 3.57. The summed E-state index contributed by atoms with van der Waals surface area (Å²) in [5, 5.41) is 6.41. The van der Waals surface area contributed by atoms with Crippen LogP contribution >= 0.6 is 12.2 Å². The first-order valence-corrected chi connectivity index (χ1v) is 13.0. The predicted molar refractivity (Wildman–Crippen MR) is 139 cm³/mol. The molecule has 0 bridgehead atoms. The number of para-hydroxylation sites is 1. The lowest BCUT2D eigenvalue weighted by Crippen LogP contribution is -2.50. The first kappa shape index (κ1) is 23.9. The van der Waals surface area contributed by atoms with Gasteiger partial charge in [0.15, 0.2) is 5.11 Å². The summed E-state index contributed by atoms with van der Waals surface area (Å²) in [4.78, 5) is 6.43. The number of nitrogens with one attached hydrogen (secondary N) is 2. The number of aromatic nitrogens is 1. The van der Waals surface area contributed by atoms with Crippen molar-refractivity contribution in [2.24, 2.45) is 0 Å². The Balaban J connectivity index is 1.19. The second-order valence-electron chi connectivity index (χ2n) is 7.71. The summed E-state index contributed by atoms with van der Waals surface area (Å²) in [6.07, 6.45) is 1.74. The van der Waals surface area contributed by atoms with Gasteiger partial charge in [-0.25, -0.2) is 13.4 Å². The van der Waals surface area contributed by atoms with Gasteiger partial charge in [0, 0.05) is 44.6 Å². The molecule has 34 heavy (non-hydrogen) atoms. The van der Waals surface area contributed by atoms with E-state index in [0.717, 1.165) is 17.3 Å². The molecule has 3 aromatic rings.